The van der Waals surface area contributed by atoms with E-state index < -0.39 is 0 Å². The zero-order valence-corrected chi connectivity index (χ0v) is 13.4. The fraction of sp³-hybridized carbons (Fsp3) is 0.333. The molecule has 2 heterocycles. The van der Waals surface area contributed by atoms with Gasteiger partial charge in [0, 0.05) is 26.2 Å². The van der Waals surface area contributed by atoms with Crippen LogP contribution in [0.25, 0.3) is 10.7 Å². The molecule has 22 heavy (non-hydrogen) atoms. The number of amides is 2. The standard InChI is InChI=1S/C15H18N4O2S/c1-10-13(14(21)18-9-5-8-16-11(2)20)22-15(19-10)12-6-3-4-7-17-12/h3-4,6-7H,5,8-9H2,1-2H3,(H,16,20)(H,18,21). The van der Waals surface area contributed by atoms with Crippen molar-refractivity contribution in [2.24, 2.45) is 0 Å². The summed E-state index contributed by atoms with van der Waals surface area (Å²) in [5.74, 6) is -0.204. The van der Waals surface area contributed by atoms with Crippen molar-refractivity contribution in [3.63, 3.8) is 0 Å². The van der Waals surface area contributed by atoms with Crippen LogP contribution in [0.2, 0.25) is 0 Å². The van der Waals surface area contributed by atoms with Crippen LogP contribution in [0.5, 0.6) is 0 Å². The highest BCUT2D eigenvalue weighted by Gasteiger charge is 2.16. The van der Waals surface area contributed by atoms with Crippen molar-refractivity contribution in [2.75, 3.05) is 13.1 Å². The van der Waals surface area contributed by atoms with Crippen LogP contribution in [0.3, 0.4) is 0 Å². The summed E-state index contributed by atoms with van der Waals surface area (Å²) >= 11 is 1.33. The number of nitrogens with one attached hydrogen (secondary N) is 2. The third-order valence-corrected chi connectivity index (χ3v) is 4.08. The quantitative estimate of drug-likeness (QED) is 0.795. The Labute approximate surface area is 133 Å². The van der Waals surface area contributed by atoms with Crippen molar-refractivity contribution in [2.45, 2.75) is 20.3 Å². The molecule has 0 aliphatic rings. The highest BCUT2D eigenvalue weighted by Crippen LogP contribution is 2.26. The van der Waals surface area contributed by atoms with E-state index in [0.29, 0.717) is 30.1 Å². The maximum absolute atomic E-state index is 12.2. The molecule has 2 rings (SSSR count). The Kier molecular flexibility index (Phi) is 5.60. The molecule has 0 saturated heterocycles. The number of hydrogen-bond donors (Lipinski definition) is 2. The average molecular weight is 318 g/mol. The average Bonchev–Trinajstić information content (AvgIpc) is 2.89. The highest BCUT2D eigenvalue weighted by atomic mass is 32.1. The predicted molar refractivity (Wildman–Crippen MR) is 85.7 cm³/mol. The first-order chi connectivity index (χ1) is 10.6. The number of thiazole rings is 1. The smallest absolute Gasteiger partial charge is 0.263 e. The van der Waals surface area contributed by atoms with Crippen LogP contribution in [-0.4, -0.2) is 34.9 Å². The molecule has 0 aromatic carbocycles. The van der Waals surface area contributed by atoms with Crippen LogP contribution in [0.4, 0.5) is 0 Å². The fourth-order valence-corrected chi connectivity index (χ4v) is 2.80. The molecule has 7 heteroatoms. The number of carbonyl (C=O) groups is 2. The van der Waals surface area contributed by atoms with E-state index in [1.807, 2.05) is 25.1 Å². The summed E-state index contributed by atoms with van der Waals surface area (Å²) in [4.78, 5) is 32.1. The Balaban J connectivity index is 1.93. The number of nitrogens with zero attached hydrogens (tertiary/aromatic N) is 2. The van der Waals surface area contributed by atoms with Gasteiger partial charge in [-0.3, -0.25) is 14.6 Å². The van der Waals surface area contributed by atoms with Gasteiger partial charge in [0.25, 0.3) is 5.91 Å². The van der Waals surface area contributed by atoms with E-state index in [-0.39, 0.29) is 11.8 Å². The van der Waals surface area contributed by atoms with Crippen molar-refractivity contribution in [3.8, 4) is 10.7 Å². The molecule has 0 unspecified atom stereocenters. The van der Waals surface area contributed by atoms with E-state index >= 15 is 0 Å². The third kappa shape index (κ3) is 4.36. The Morgan fingerprint density at radius 1 is 1.23 bits per heavy atom. The number of rotatable bonds is 6. The zero-order valence-electron chi connectivity index (χ0n) is 12.5. The van der Waals surface area contributed by atoms with Crippen LogP contribution < -0.4 is 10.6 Å². The first-order valence-corrected chi connectivity index (χ1v) is 7.81. The van der Waals surface area contributed by atoms with Crippen molar-refractivity contribution in [1.29, 1.82) is 0 Å². The summed E-state index contributed by atoms with van der Waals surface area (Å²) in [5.41, 5.74) is 1.46. The van der Waals surface area contributed by atoms with Gasteiger partial charge in [-0.1, -0.05) is 6.07 Å². The van der Waals surface area contributed by atoms with Crippen LogP contribution in [-0.2, 0) is 4.79 Å². The molecule has 0 saturated carbocycles. The van der Waals surface area contributed by atoms with Crippen LogP contribution in [0, 0.1) is 6.92 Å². The minimum absolute atomic E-state index is 0.0652. The Morgan fingerprint density at radius 3 is 2.68 bits per heavy atom. The summed E-state index contributed by atoms with van der Waals surface area (Å²) in [6.07, 6.45) is 2.39. The lowest BCUT2D eigenvalue weighted by molar-refractivity contribution is -0.118. The van der Waals surface area contributed by atoms with Gasteiger partial charge in [0.05, 0.1) is 11.4 Å². The summed E-state index contributed by atoms with van der Waals surface area (Å²) < 4.78 is 0. The molecule has 0 bridgehead atoms. The zero-order chi connectivity index (χ0) is 15.9. The van der Waals surface area contributed by atoms with E-state index in [9.17, 15) is 9.59 Å². The second-order valence-corrected chi connectivity index (χ2v) is 5.74. The lowest BCUT2D eigenvalue weighted by atomic mass is 10.3. The first-order valence-electron chi connectivity index (χ1n) is 6.99. The van der Waals surface area contributed by atoms with E-state index in [1.165, 1.54) is 18.3 Å². The van der Waals surface area contributed by atoms with Gasteiger partial charge in [-0.25, -0.2) is 4.98 Å². The topological polar surface area (TPSA) is 84.0 Å². The van der Waals surface area contributed by atoms with E-state index in [2.05, 4.69) is 20.6 Å². The Hall–Kier alpha value is -2.28. The summed E-state index contributed by atoms with van der Waals surface area (Å²) in [6.45, 7) is 4.35. The molecule has 0 aliphatic carbocycles. The van der Waals surface area contributed by atoms with Gasteiger partial charge in [-0.2, -0.15) is 0 Å². The fourth-order valence-electron chi connectivity index (χ4n) is 1.84. The number of carbonyl (C=O) groups excluding carboxylic acids is 2. The van der Waals surface area contributed by atoms with E-state index in [0.717, 1.165) is 10.7 Å². The Morgan fingerprint density at radius 2 is 2.00 bits per heavy atom. The van der Waals surface area contributed by atoms with Gasteiger partial charge in [0.2, 0.25) is 5.91 Å². The van der Waals surface area contributed by atoms with Gasteiger partial charge in [-0.15, -0.1) is 11.3 Å². The summed E-state index contributed by atoms with van der Waals surface area (Å²) in [7, 11) is 0. The van der Waals surface area contributed by atoms with Gasteiger partial charge in [-0.05, 0) is 25.5 Å². The second-order valence-electron chi connectivity index (χ2n) is 4.74. The van der Waals surface area contributed by atoms with Crippen molar-refractivity contribution < 1.29 is 9.59 Å². The maximum Gasteiger partial charge on any atom is 0.263 e. The molecule has 0 fully saturated rings. The van der Waals surface area contributed by atoms with Gasteiger partial charge in [0.15, 0.2) is 0 Å². The van der Waals surface area contributed by atoms with Crippen molar-refractivity contribution in [1.82, 2.24) is 20.6 Å². The first kappa shape index (κ1) is 16.1. The SMILES string of the molecule is CC(=O)NCCCNC(=O)c1sc(-c2ccccn2)nc1C. The normalized spacial score (nSPS) is 10.3. The summed E-state index contributed by atoms with van der Waals surface area (Å²) in [5, 5.41) is 6.26. The molecule has 6 nitrogen and oxygen atoms in total. The lowest BCUT2D eigenvalue weighted by Crippen LogP contribution is -2.28. The molecule has 2 N–H and O–H groups in total. The van der Waals surface area contributed by atoms with Crippen molar-refractivity contribution in [3.05, 3.63) is 35.0 Å². The molecule has 116 valence electrons. The van der Waals surface area contributed by atoms with Crippen molar-refractivity contribution >= 4 is 23.2 Å². The minimum atomic E-state index is -0.139. The summed E-state index contributed by atoms with van der Waals surface area (Å²) in [6, 6.07) is 5.60. The number of hydrogen-bond acceptors (Lipinski definition) is 5. The maximum atomic E-state index is 12.2. The number of aryl methyl sites for hydroxylation is 1. The number of aromatic nitrogens is 2. The predicted octanol–water partition coefficient (Wildman–Crippen LogP) is 1.77. The second kappa shape index (κ2) is 7.65. The molecule has 0 radical (unpaired) electrons. The molecule has 2 aromatic rings. The van der Waals surface area contributed by atoms with Gasteiger partial charge < -0.3 is 10.6 Å². The van der Waals surface area contributed by atoms with Gasteiger partial charge >= 0.3 is 0 Å². The molecule has 2 amide bonds. The monoisotopic (exact) mass is 318 g/mol. The van der Waals surface area contributed by atoms with Gasteiger partial charge in [0.1, 0.15) is 9.88 Å². The third-order valence-electron chi connectivity index (χ3n) is 2.90. The van der Waals surface area contributed by atoms with E-state index in [1.54, 1.807) is 6.20 Å². The molecule has 0 atom stereocenters. The lowest BCUT2D eigenvalue weighted by Gasteiger charge is -2.04. The molecule has 0 spiro atoms. The molecule has 2 aromatic heterocycles. The van der Waals surface area contributed by atoms with E-state index in [4.69, 9.17) is 0 Å². The highest BCUT2D eigenvalue weighted by molar-refractivity contribution is 7.17. The van der Waals surface area contributed by atoms with Crippen LogP contribution in [0.15, 0.2) is 24.4 Å². The molecular weight excluding hydrogens is 300 g/mol. The number of pyridine rings is 1. The molecular formula is C15H18N4O2S. The van der Waals surface area contributed by atoms with Crippen LogP contribution >= 0.6 is 11.3 Å². The largest absolute Gasteiger partial charge is 0.356 e. The Bertz CT molecular complexity index is 655. The minimum Gasteiger partial charge on any atom is -0.356 e. The van der Waals surface area contributed by atoms with Crippen LogP contribution in [0.1, 0.15) is 28.7 Å². The molecule has 0 aliphatic heterocycles.